The van der Waals surface area contributed by atoms with E-state index in [1.165, 1.54) is 55.3 Å². The molecular weight excluding hydrogens is 629 g/mol. The van der Waals surface area contributed by atoms with Gasteiger partial charge in [0.2, 0.25) is 0 Å². The predicted molar refractivity (Wildman–Crippen MR) is 217 cm³/mol. The van der Waals surface area contributed by atoms with Gasteiger partial charge in [0, 0.05) is 16.7 Å². The fraction of sp³-hybridized carbons (Fsp3) is 0. The lowest BCUT2D eigenvalue weighted by Crippen LogP contribution is -1.97. The normalized spacial score (nSPS) is 11.5. The number of hydrogen-bond donors (Lipinski definition) is 0. The molecule has 2 nitrogen and oxygen atoms in total. The lowest BCUT2D eigenvalue weighted by atomic mass is 9.92. The van der Waals surface area contributed by atoms with Crippen molar-refractivity contribution in [2.24, 2.45) is 0 Å². The fourth-order valence-corrected chi connectivity index (χ4v) is 7.76. The fourth-order valence-electron chi connectivity index (χ4n) is 7.76. The molecular formula is C50H32N2. The van der Waals surface area contributed by atoms with E-state index >= 15 is 0 Å². The molecule has 9 aromatic rings. The van der Waals surface area contributed by atoms with Crippen LogP contribution < -0.4 is 0 Å². The van der Waals surface area contributed by atoms with Gasteiger partial charge in [0.25, 0.3) is 0 Å². The summed E-state index contributed by atoms with van der Waals surface area (Å²) >= 11 is 0. The molecule has 52 heavy (non-hydrogen) atoms. The zero-order valence-electron chi connectivity index (χ0n) is 28.4. The highest BCUT2D eigenvalue weighted by Crippen LogP contribution is 2.49. The standard InChI is InChI=1S/C50H32N2/c1-3-12-33(13-4-1)34-22-28-38(29-23-34)50-51-47(37-14-5-2-6-15-37)32-48(52-50)43-19-10-7-16-39(43)35-24-26-36(27-25-35)40-30-31-46-42-18-9-8-17-41(42)45-21-11-20-44(40)49(45)46/h1-32H. The molecule has 0 N–H and O–H groups in total. The van der Waals surface area contributed by atoms with E-state index in [1.54, 1.807) is 0 Å². The van der Waals surface area contributed by atoms with Crippen molar-refractivity contribution in [1.82, 2.24) is 9.97 Å². The molecule has 0 atom stereocenters. The second-order valence-corrected chi connectivity index (χ2v) is 13.3. The first-order chi connectivity index (χ1) is 25.8. The van der Waals surface area contributed by atoms with Gasteiger partial charge in [-0.25, -0.2) is 9.97 Å². The van der Waals surface area contributed by atoms with E-state index in [-0.39, 0.29) is 0 Å². The van der Waals surface area contributed by atoms with Crippen LogP contribution in [-0.4, -0.2) is 9.97 Å². The van der Waals surface area contributed by atoms with Crippen molar-refractivity contribution in [2.45, 2.75) is 0 Å². The third-order valence-electron chi connectivity index (χ3n) is 10.3. The van der Waals surface area contributed by atoms with Gasteiger partial charge < -0.3 is 0 Å². The first-order valence-corrected chi connectivity index (χ1v) is 17.7. The molecule has 8 aromatic carbocycles. The second-order valence-electron chi connectivity index (χ2n) is 13.3. The highest BCUT2D eigenvalue weighted by molar-refractivity contribution is 6.18. The van der Waals surface area contributed by atoms with E-state index < -0.39 is 0 Å². The Morgan fingerprint density at radius 1 is 0.250 bits per heavy atom. The second kappa shape index (κ2) is 12.5. The van der Waals surface area contributed by atoms with Gasteiger partial charge in [-0.1, -0.05) is 188 Å². The van der Waals surface area contributed by atoms with Crippen LogP contribution >= 0.6 is 0 Å². The van der Waals surface area contributed by atoms with Crippen molar-refractivity contribution in [3.8, 4) is 89.5 Å². The Morgan fingerprint density at radius 3 is 1.40 bits per heavy atom. The average molecular weight is 661 g/mol. The van der Waals surface area contributed by atoms with E-state index in [4.69, 9.17) is 9.97 Å². The topological polar surface area (TPSA) is 25.8 Å². The minimum Gasteiger partial charge on any atom is -0.228 e. The molecule has 0 aliphatic heterocycles. The van der Waals surface area contributed by atoms with Crippen LogP contribution in [0, 0.1) is 0 Å². The Balaban J connectivity index is 1.05. The molecule has 242 valence electrons. The molecule has 1 heterocycles. The van der Waals surface area contributed by atoms with Gasteiger partial charge in [0.1, 0.15) is 0 Å². The molecule has 0 saturated heterocycles. The van der Waals surface area contributed by atoms with Crippen LogP contribution in [0.25, 0.3) is 100 Å². The summed E-state index contributed by atoms with van der Waals surface area (Å²) in [6.07, 6.45) is 0. The van der Waals surface area contributed by atoms with Crippen LogP contribution in [0.5, 0.6) is 0 Å². The van der Waals surface area contributed by atoms with E-state index in [2.05, 4.69) is 182 Å². The van der Waals surface area contributed by atoms with Gasteiger partial charge >= 0.3 is 0 Å². The summed E-state index contributed by atoms with van der Waals surface area (Å²) < 4.78 is 0. The number of hydrogen-bond acceptors (Lipinski definition) is 2. The van der Waals surface area contributed by atoms with E-state index in [1.807, 2.05) is 12.1 Å². The van der Waals surface area contributed by atoms with Crippen LogP contribution in [-0.2, 0) is 0 Å². The van der Waals surface area contributed by atoms with Crippen LogP contribution in [0.2, 0.25) is 0 Å². The van der Waals surface area contributed by atoms with Gasteiger partial charge in [-0.05, 0) is 72.5 Å². The Morgan fingerprint density at radius 2 is 0.712 bits per heavy atom. The van der Waals surface area contributed by atoms with E-state index in [9.17, 15) is 0 Å². The van der Waals surface area contributed by atoms with Crippen molar-refractivity contribution in [1.29, 1.82) is 0 Å². The van der Waals surface area contributed by atoms with Crippen molar-refractivity contribution in [3.05, 3.63) is 194 Å². The maximum atomic E-state index is 5.22. The molecule has 0 saturated carbocycles. The smallest absolute Gasteiger partial charge is 0.160 e. The number of nitrogens with zero attached hydrogens (tertiary/aromatic N) is 2. The summed E-state index contributed by atoms with van der Waals surface area (Å²) in [4.78, 5) is 10.3. The minimum absolute atomic E-state index is 0.704. The SMILES string of the molecule is c1ccc(-c2ccc(-c3nc(-c4ccccc4)cc(-c4ccccc4-c4ccc(-c5ccc6c7c(cccc57)-c5ccccc5-6)cc4)n3)cc2)cc1. The molecule has 1 aliphatic carbocycles. The Labute approximate surface area is 303 Å². The number of benzene rings is 8. The number of fused-ring (bicyclic) bond motifs is 3. The molecule has 1 aliphatic rings. The van der Waals surface area contributed by atoms with Gasteiger partial charge in [0.05, 0.1) is 11.4 Å². The minimum atomic E-state index is 0.704. The summed E-state index contributed by atoms with van der Waals surface area (Å²) in [6.45, 7) is 0. The molecule has 0 bridgehead atoms. The first kappa shape index (κ1) is 30.0. The summed E-state index contributed by atoms with van der Waals surface area (Å²) in [6, 6.07) is 69.1. The molecule has 2 heteroatoms. The van der Waals surface area contributed by atoms with Crippen LogP contribution in [0.1, 0.15) is 0 Å². The summed E-state index contributed by atoms with van der Waals surface area (Å²) in [5.41, 5.74) is 17.3. The summed E-state index contributed by atoms with van der Waals surface area (Å²) in [7, 11) is 0. The number of aromatic nitrogens is 2. The van der Waals surface area contributed by atoms with Crippen LogP contribution in [0.4, 0.5) is 0 Å². The summed E-state index contributed by atoms with van der Waals surface area (Å²) in [5, 5.41) is 2.64. The largest absolute Gasteiger partial charge is 0.228 e. The quantitative estimate of drug-likeness (QED) is 0.177. The summed E-state index contributed by atoms with van der Waals surface area (Å²) in [5.74, 6) is 0.704. The third kappa shape index (κ3) is 5.12. The average Bonchev–Trinajstić information content (AvgIpc) is 3.56. The Bertz CT molecular complexity index is 2720. The van der Waals surface area contributed by atoms with Crippen molar-refractivity contribution < 1.29 is 0 Å². The molecule has 0 fully saturated rings. The molecule has 0 unspecified atom stereocenters. The maximum absolute atomic E-state index is 5.22. The monoisotopic (exact) mass is 660 g/mol. The third-order valence-corrected chi connectivity index (χ3v) is 10.3. The van der Waals surface area contributed by atoms with Gasteiger partial charge in [0.15, 0.2) is 5.82 Å². The zero-order valence-corrected chi connectivity index (χ0v) is 28.4. The van der Waals surface area contributed by atoms with Gasteiger partial charge in [-0.3, -0.25) is 0 Å². The van der Waals surface area contributed by atoms with E-state index in [0.29, 0.717) is 5.82 Å². The van der Waals surface area contributed by atoms with Crippen molar-refractivity contribution >= 4 is 10.8 Å². The first-order valence-electron chi connectivity index (χ1n) is 17.7. The van der Waals surface area contributed by atoms with Gasteiger partial charge in [-0.15, -0.1) is 0 Å². The maximum Gasteiger partial charge on any atom is 0.160 e. The molecule has 0 radical (unpaired) electrons. The van der Waals surface area contributed by atoms with Crippen LogP contribution in [0.15, 0.2) is 194 Å². The molecule has 0 amide bonds. The van der Waals surface area contributed by atoms with Crippen LogP contribution in [0.3, 0.4) is 0 Å². The van der Waals surface area contributed by atoms with Crippen molar-refractivity contribution in [3.63, 3.8) is 0 Å². The number of rotatable bonds is 6. The molecule has 10 rings (SSSR count). The molecule has 1 aromatic heterocycles. The van der Waals surface area contributed by atoms with Gasteiger partial charge in [-0.2, -0.15) is 0 Å². The van der Waals surface area contributed by atoms with Crippen molar-refractivity contribution in [2.75, 3.05) is 0 Å². The highest BCUT2D eigenvalue weighted by Gasteiger charge is 2.22. The molecule has 0 spiro atoms. The highest BCUT2D eigenvalue weighted by atomic mass is 14.9. The zero-order chi connectivity index (χ0) is 34.4. The lowest BCUT2D eigenvalue weighted by Gasteiger charge is -2.14. The Kier molecular flexibility index (Phi) is 7.18. The Hall–Kier alpha value is -6.90. The van der Waals surface area contributed by atoms with E-state index in [0.717, 1.165) is 39.2 Å². The lowest BCUT2D eigenvalue weighted by molar-refractivity contribution is 1.18. The predicted octanol–water partition coefficient (Wildman–Crippen LogP) is 13.3.